The number of alkyl halides is 7. The molecule has 1 aromatic carbocycles. The Hall–Kier alpha value is -1.25. The molecule has 0 atom stereocenters. The van der Waals surface area contributed by atoms with Crippen molar-refractivity contribution < 1.29 is 35.5 Å². The summed E-state index contributed by atoms with van der Waals surface area (Å²) in [7, 11) is 0. The fourth-order valence-corrected chi connectivity index (χ4v) is 2.48. The lowest BCUT2D eigenvalue weighted by atomic mass is 10.0. The first-order chi connectivity index (χ1) is 10.5. The normalized spacial score (nSPS) is 13.2. The summed E-state index contributed by atoms with van der Waals surface area (Å²) in [5.74, 6) is -15.0. The van der Waals surface area contributed by atoms with E-state index in [-0.39, 0.29) is 5.56 Å². The molecule has 23 heavy (non-hydrogen) atoms. The Balaban J connectivity index is 2.54. The van der Waals surface area contributed by atoms with Crippen molar-refractivity contribution >= 4 is 16.9 Å². The highest BCUT2D eigenvalue weighted by atomic mass is 32.2. The van der Waals surface area contributed by atoms with Crippen molar-refractivity contribution in [3.05, 3.63) is 35.9 Å². The molecule has 0 heterocycles. The van der Waals surface area contributed by atoms with E-state index in [9.17, 15) is 35.5 Å². The van der Waals surface area contributed by atoms with E-state index in [4.69, 9.17) is 0 Å². The van der Waals surface area contributed by atoms with E-state index < -0.39 is 48.2 Å². The second-order valence-corrected chi connectivity index (χ2v) is 5.89. The molecule has 0 bridgehead atoms. The van der Waals surface area contributed by atoms with Gasteiger partial charge in [-0.25, -0.2) is 13.2 Å². The van der Waals surface area contributed by atoms with Gasteiger partial charge in [-0.2, -0.15) is 17.6 Å². The van der Waals surface area contributed by atoms with Crippen molar-refractivity contribution in [1.82, 2.24) is 0 Å². The highest BCUT2D eigenvalue weighted by Crippen LogP contribution is 2.43. The Labute approximate surface area is 132 Å². The summed E-state index contributed by atoms with van der Waals surface area (Å²) in [4.78, 5) is 11.6. The number of thioether (sulfide) groups is 1. The maximum absolute atomic E-state index is 13.4. The number of hydrogen-bond acceptors (Lipinski definition) is 2. The zero-order valence-corrected chi connectivity index (χ0v) is 12.5. The Morgan fingerprint density at radius 2 is 1.52 bits per heavy atom. The van der Waals surface area contributed by atoms with Crippen LogP contribution < -0.4 is 0 Å². The first kappa shape index (κ1) is 19.8. The summed E-state index contributed by atoms with van der Waals surface area (Å²) < 4.78 is 89.9. The van der Waals surface area contributed by atoms with Gasteiger partial charge in [0.15, 0.2) is 6.67 Å². The molecular weight excluding hydrogens is 349 g/mol. The van der Waals surface area contributed by atoms with Crippen LogP contribution in [-0.2, 0) is 0 Å². The molecule has 0 spiro atoms. The number of carbonyl (C=O) groups is 1. The minimum absolute atomic E-state index is 0.245. The van der Waals surface area contributed by atoms with Crippen molar-refractivity contribution in [3.63, 3.8) is 0 Å². The van der Waals surface area contributed by atoms with E-state index in [0.29, 0.717) is 11.8 Å². The Bertz CT molecular complexity index is 519. The van der Waals surface area contributed by atoms with E-state index in [2.05, 4.69) is 0 Å². The van der Waals surface area contributed by atoms with E-state index in [1.165, 1.54) is 12.1 Å². The largest absolute Gasteiger partial charge is 0.338 e. The Morgan fingerprint density at radius 3 is 2.04 bits per heavy atom. The third kappa shape index (κ3) is 5.71. The van der Waals surface area contributed by atoms with Crippen LogP contribution in [0.1, 0.15) is 23.2 Å². The standard InChI is InChI=1S/C14H13F7OS/c15-9-14(20,21)13(18,19)8-12(16,17)6-7-23-11(22)10-4-2-1-3-5-10/h1-5H,6-9H2. The van der Waals surface area contributed by atoms with Gasteiger partial charge in [-0.15, -0.1) is 0 Å². The SMILES string of the molecule is O=C(SCCC(F)(F)CC(F)(F)C(F)(F)CF)c1ccccc1. The zero-order chi connectivity index (χ0) is 17.7. The number of rotatable bonds is 8. The van der Waals surface area contributed by atoms with Crippen molar-refractivity contribution in [3.8, 4) is 0 Å². The number of carbonyl (C=O) groups excluding carboxylic acids is 1. The Morgan fingerprint density at radius 1 is 0.957 bits per heavy atom. The van der Waals surface area contributed by atoms with Crippen molar-refractivity contribution in [2.75, 3.05) is 12.4 Å². The average Bonchev–Trinajstić information content (AvgIpc) is 2.46. The first-order valence-electron chi connectivity index (χ1n) is 6.42. The van der Waals surface area contributed by atoms with Gasteiger partial charge in [-0.05, 0) is 0 Å². The van der Waals surface area contributed by atoms with Crippen molar-refractivity contribution in [2.45, 2.75) is 30.6 Å². The lowest BCUT2D eigenvalue weighted by Crippen LogP contribution is -2.46. The monoisotopic (exact) mass is 362 g/mol. The van der Waals surface area contributed by atoms with Crippen LogP contribution in [0.4, 0.5) is 30.7 Å². The lowest BCUT2D eigenvalue weighted by molar-refractivity contribution is -0.243. The molecule has 9 heteroatoms. The van der Waals surface area contributed by atoms with Gasteiger partial charge in [-0.3, -0.25) is 4.79 Å². The minimum atomic E-state index is -5.17. The molecule has 1 nitrogen and oxygen atoms in total. The van der Waals surface area contributed by atoms with E-state index in [1.54, 1.807) is 18.2 Å². The number of hydrogen-bond donors (Lipinski definition) is 0. The molecule has 0 fully saturated rings. The molecule has 1 rings (SSSR count). The van der Waals surface area contributed by atoms with Crippen LogP contribution in [0.2, 0.25) is 0 Å². The van der Waals surface area contributed by atoms with Crippen molar-refractivity contribution in [2.24, 2.45) is 0 Å². The topological polar surface area (TPSA) is 17.1 Å². The molecule has 0 saturated carbocycles. The maximum Gasteiger partial charge on any atom is 0.338 e. The minimum Gasteiger partial charge on any atom is -0.282 e. The third-order valence-corrected chi connectivity index (χ3v) is 3.80. The zero-order valence-electron chi connectivity index (χ0n) is 11.7. The number of benzene rings is 1. The van der Waals surface area contributed by atoms with Crippen molar-refractivity contribution in [1.29, 1.82) is 0 Å². The van der Waals surface area contributed by atoms with Crippen LogP contribution in [0.5, 0.6) is 0 Å². The Kier molecular flexibility index (Phi) is 6.49. The summed E-state index contributed by atoms with van der Waals surface area (Å²) in [5.41, 5.74) is 0.245. The second kappa shape index (κ2) is 7.55. The molecule has 130 valence electrons. The molecular formula is C14H13F7OS. The van der Waals surface area contributed by atoms with Crippen LogP contribution in [0.25, 0.3) is 0 Å². The van der Waals surface area contributed by atoms with Gasteiger partial charge in [0.25, 0.3) is 5.92 Å². The molecule has 1 aromatic rings. The molecule has 0 saturated heterocycles. The predicted octanol–water partition coefficient (Wildman–Crippen LogP) is 5.22. The van der Waals surface area contributed by atoms with Gasteiger partial charge in [0.1, 0.15) is 0 Å². The summed E-state index contributed by atoms with van der Waals surface area (Å²) in [6.07, 6.45) is -3.68. The van der Waals surface area contributed by atoms with E-state index in [1.807, 2.05) is 0 Å². The fraction of sp³-hybridized carbons (Fsp3) is 0.500. The van der Waals surface area contributed by atoms with Crippen LogP contribution in [0, 0.1) is 0 Å². The second-order valence-electron chi connectivity index (χ2n) is 4.83. The molecule has 0 aromatic heterocycles. The van der Waals surface area contributed by atoms with Gasteiger partial charge in [0.2, 0.25) is 5.12 Å². The molecule has 0 aliphatic heterocycles. The smallest absolute Gasteiger partial charge is 0.282 e. The average molecular weight is 362 g/mol. The summed E-state index contributed by atoms with van der Waals surface area (Å²) in [6, 6.07) is 7.65. The molecule has 0 aliphatic carbocycles. The predicted molar refractivity (Wildman–Crippen MR) is 73.3 cm³/mol. The molecule has 0 unspecified atom stereocenters. The molecule has 0 N–H and O–H groups in total. The summed E-state index contributed by atoms with van der Waals surface area (Å²) in [5, 5.41) is -0.540. The first-order valence-corrected chi connectivity index (χ1v) is 7.41. The van der Waals surface area contributed by atoms with E-state index >= 15 is 0 Å². The van der Waals surface area contributed by atoms with Gasteiger partial charge >= 0.3 is 11.8 Å². The van der Waals surface area contributed by atoms with Crippen LogP contribution in [0.3, 0.4) is 0 Å². The van der Waals surface area contributed by atoms with Gasteiger partial charge in [0.05, 0.1) is 6.42 Å². The lowest BCUT2D eigenvalue weighted by Gasteiger charge is -2.27. The van der Waals surface area contributed by atoms with Gasteiger partial charge in [0, 0.05) is 17.7 Å². The number of halogens is 7. The maximum atomic E-state index is 13.4. The van der Waals surface area contributed by atoms with E-state index in [0.717, 1.165) is 0 Å². The highest BCUT2D eigenvalue weighted by Gasteiger charge is 2.60. The fourth-order valence-electron chi connectivity index (χ4n) is 1.59. The van der Waals surface area contributed by atoms with Crippen LogP contribution >= 0.6 is 11.8 Å². The van der Waals surface area contributed by atoms with Gasteiger partial charge < -0.3 is 0 Å². The molecule has 0 aliphatic rings. The highest BCUT2D eigenvalue weighted by molar-refractivity contribution is 8.14. The van der Waals surface area contributed by atoms with Crippen LogP contribution in [0.15, 0.2) is 30.3 Å². The van der Waals surface area contributed by atoms with Crippen LogP contribution in [-0.4, -0.2) is 35.3 Å². The van der Waals surface area contributed by atoms with Gasteiger partial charge in [-0.1, -0.05) is 42.1 Å². The molecule has 0 radical (unpaired) electrons. The summed E-state index contributed by atoms with van der Waals surface area (Å²) in [6.45, 7) is -2.72. The summed E-state index contributed by atoms with van der Waals surface area (Å²) >= 11 is 0.470. The quantitative estimate of drug-likeness (QED) is 0.590. The third-order valence-electron chi connectivity index (χ3n) is 2.89. The molecule has 0 amide bonds.